The summed E-state index contributed by atoms with van der Waals surface area (Å²) in [4.78, 5) is 19.8. The molecule has 94 valence electrons. The average molecular weight is 252 g/mol. The van der Waals surface area contributed by atoms with Crippen LogP contribution in [0.15, 0.2) is 49.1 Å². The molecule has 2 aromatic heterocycles. The number of carbonyl (C=O) groups excluding carboxylic acids is 1. The van der Waals surface area contributed by atoms with Gasteiger partial charge < -0.3 is 5.32 Å². The van der Waals surface area contributed by atoms with Gasteiger partial charge in [0.15, 0.2) is 5.65 Å². The Morgan fingerprint density at radius 3 is 2.74 bits per heavy atom. The van der Waals surface area contributed by atoms with E-state index in [9.17, 15) is 4.79 Å². The highest BCUT2D eigenvalue weighted by Crippen LogP contribution is 2.20. The summed E-state index contributed by atoms with van der Waals surface area (Å²) in [6.45, 7) is 0. The maximum atomic E-state index is 11.5. The third-order valence-corrected chi connectivity index (χ3v) is 2.99. The number of nitrogens with zero attached hydrogens (tertiary/aromatic N) is 3. The first-order valence-corrected chi connectivity index (χ1v) is 5.89. The summed E-state index contributed by atoms with van der Waals surface area (Å²) in [6.07, 6.45) is 7.09. The molecule has 5 heteroatoms. The molecule has 3 aromatic rings. The van der Waals surface area contributed by atoms with Crippen LogP contribution in [0.3, 0.4) is 0 Å². The summed E-state index contributed by atoms with van der Waals surface area (Å²) in [7, 11) is 1.62. The smallest absolute Gasteiger partial charge is 0.251 e. The number of rotatable bonds is 2. The molecule has 0 aliphatic rings. The molecule has 0 unspecified atom stereocenters. The Morgan fingerprint density at radius 1 is 1.21 bits per heavy atom. The van der Waals surface area contributed by atoms with E-state index in [4.69, 9.17) is 0 Å². The molecule has 1 amide bonds. The van der Waals surface area contributed by atoms with E-state index in [2.05, 4.69) is 15.3 Å². The Bertz CT molecular complexity index is 731. The normalized spacial score (nSPS) is 10.6. The minimum absolute atomic E-state index is 0.0890. The van der Waals surface area contributed by atoms with Gasteiger partial charge in [0.2, 0.25) is 0 Å². The minimum Gasteiger partial charge on any atom is -0.355 e. The van der Waals surface area contributed by atoms with Crippen molar-refractivity contribution in [1.29, 1.82) is 0 Å². The molecule has 0 aliphatic carbocycles. The minimum atomic E-state index is -0.0890. The van der Waals surface area contributed by atoms with Crippen molar-refractivity contribution in [2.75, 3.05) is 7.05 Å². The standard InChI is InChI=1S/C14H12N4O/c1-15-14(19)11-4-2-10(3-5-11)12-8-17-13-9-16-6-7-18(12)13/h2-9H,1H3,(H,15,19). The molecule has 0 spiro atoms. The average Bonchev–Trinajstić information content (AvgIpc) is 2.90. The first kappa shape index (κ1) is 11.4. The maximum absolute atomic E-state index is 11.5. The van der Waals surface area contributed by atoms with Crippen LogP contribution in [0.2, 0.25) is 0 Å². The molecule has 1 aromatic carbocycles. The van der Waals surface area contributed by atoms with Gasteiger partial charge in [-0.1, -0.05) is 12.1 Å². The third-order valence-electron chi connectivity index (χ3n) is 2.99. The molecule has 19 heavy (non-hydrogen) atoms. The predicted molar refractivity (Wildman–Crippen MR) is 71.8 cm³/mol. The summed E-state index contributed by atoms with van der Waals surface area (Å²) >= 11 is 0. The van der Waals surface area contributed by atoms with Crippen molar-refractivity contribution in [3.05, 3.63) is 54.6 Å². The van der Waals surface area contributed by atoms with Gasteiger partial charge in [0, 0.05) is 30.6 Å². The summed E-state index contributed by atoms with van der Waals surface area (Å²) in [5, 5.41) is 2.60. The molecule has 0 bridgehead atoms. The van der Waals surface area contributed by atoms with Crippen LogP contribution < -0.4 is 5.32 Å². The van der Waals surface area contributed by atoms with Crippen molar-refractivity contribution in [2.24, 2.45) is 0 Å². The van der Waals surface area contributed by atoms with Crippen LogP contribution in [0.25, 0.3) is 16.9 Å². The molecule has 0 atom stereocenters. The summed E-state index contributed by atoms with van der Waals surface area (Å²) in [5.41, 5.74) is 3.42. The van der Waals surface area contributed by atoms with E-state index in [1.165, 1.54) is 0 Å². The summed E-state index contributed by atoms with van der Waals surface area (Å²) in [5.74, 6) is -0.0890. The van der Waals surface area contributed by atoms with Gasteiger partial charge in [-0.05, 0) is 12.1 Å². The van der Waals surface area contributed by atoms with Crippen LogP contribution in [0.4, 0.5) is 0 Å². The zero-order chi connectivity index (χ0) is 13.2. The second-order valence-corrected chi connectivity index (χ2v) is 4.10. The van der Waals surface area contributed by atoms with Gasteiger partial charge in [-0.3, -0.25) is 14.2 Å². The number of aromatic nitrogens is 3. The summed E-state index contributed by atoms with van der Waals surface area (Å²) < 4.78 is 1.96. The highest BCUT2D eigenvalue weighted by molar-refractivity contribution is 5.94. The number of benzene rings is 1. The van der Waals surface area contributed by atoms with Crippen molar-refractivity contribution in [1.82, 2.24) is 19.7 Å². The van der Waals surface area contributed by atoms with E-state index in [0.29, 0.717) is 5.56 Å². The van der Waals surface area contributed by atoms with Gasteiger partial charge in [-0.25, -0.2) is 4.98 Å². The number of fused-ring (bicyclic) bond motifs is 1. The summed E-state index contributed by atoms with van der Waals surface area (Å²) in [6, 6.07) is 7.42. The van der Waals surface area contributed by atoms with E-state index in [-0.39, 0.29) is 5.91 Å². The van der Waals surface area contributed by atoms with Gasteiger partial charge >= 0.3 is 0 Å². The Balaban J connectivity index is 2.05. The zero-order valence-corrected chi connectivity index (χ0v) is 10.4. The second kappa shape index (κ2) is 4.53. The molecule has 0 saturated heterocycles. The zero-order valence-electron chi connectivity index (χ0n) is 10.4. The van der Waals surface area contributed by atoms with Crippen molar-refractivity contribution in [3.63, 3.8) is 0 Å². The molecule has 5 nitrogen and oxygen atoms in total. The van der Waals surface area contributed by atoms with Crippen LogP contribution >= 0.6 is 0 Å². The van der Waals surface area contributed by atoms with Gasteiger partial charge in [-0.15, -0.1) is 0 Å². The number of imidazole rings is 1. The Hall–Kier alpha value is -2.69. The van der Waals surface area contributed by atoms with Gasteiger partial charge in [0.25, 0.3) is 5.91 Å². The molecule has 2 heterocycles. The number of carbonyl (C=O) groups is 1. The first-order chi connectivity index (χ1) is 9.29. The first-order valence-electron chi connectivity index (χ1n) is 5.89. The molecule has 0 saturated carbocycles. The lowest BCUT2D eigenvalue weighted by Gasteiger charge is -2.03. The SMILES string of the molecule is CNC(=O)c1ccc(-c2cnc3cnccn23)cc1. The molecular weight excluding hydrogens is 240 g/mol. The largest absolute Gasteiger partial charge is 0.355 e. The topological polar surface area (TPSA) is 59.3 Å². The number of nitrogens with one attached hydrogen (secondary N) is 1. The highest BCUT2D eigenvalue weighted by Gasteiger charge is 2.07. The Labute approximate surface area is 109 Å². The van der Waals surface area contributed by atoms with Crippen LogP contribution in [0.1, 0.15) is 10.4 Å². The lowest BCUT2D eigenvalue weighted by molar-refractivity contribution is 0.0963. The molecule has 0 radical (unpaired) electrons. The number of hydrogen-bond acceptors (Lipinski definition) is 3. The van der Waals surface area contributed by atoms with Gasteiger partial charge in [0.1, 0.15) is 0 Å². The van der Waals surface area contributed by atoms with Crippen LogP contribution in [-0.2, 0) is 0 Å². The molecule has 3 rings (SSSR count). The molecular formula is C14H12N4O. The fourth-order valence-electron chi connectivity index (χ4n) is 1.99. The monoisotopic (exact) mass is 252 g/mol. The van der Waals surface area contributed by atoms with Gasteiger partial charge in [0.05, 0.1) is 18.1 Å². The van der Waals surface area contributed by atoms with E-state index in [1.807, 2.05) is 22.7 Å². The van der Waals surface area contributed by atoms with Crippen LogP contribution in [0.5, 0.6) is 0 Å². The van der Waals surface area contributed by atoms with E-state index >= 15 is 0 Å². The quantitative estimate of drug-likeness (QED) is 0.756. The highest BCUT2D eigenvalue weighted by atomic mass is 16.1. The fraction of sp³-hybridized carbons (Fsp3) is 0.0714. The van der Waals surface area contributed by atoms with Crippen molar-refractivity contribution < 1.29 is 4.79 Å². The third kappa shape index (κ3) is 1.95. The Morgan fingerprint density at radius 2 is 2.00 bits per heavy atom. The maximum Gasteiger partial charge on any atom is 0.251 e. The molecule has 0 fully saturated rings. The lowest BCUT2D eigenvalue weighted by atomic mass is 10.1. The van der Waals surface area contributed by atoms with E-state index in [0.717, 1.165) is 16.9 Å². The van der Waals surface area contributed by atoms with Crippen LogP contribution in [0, 0.1) is 0 Å². The van der Waals surface area contributed by atoms with Gasteiger partial charge in [-0.2, -0.15) is 0 Å². The second-order valence-electron chi connectivity index (χ2n) is 4.10. The van der Waals surface area contributed by atoms with Crippen LogP contribution in [-0.4, -0.2) is 27.3 Å². The van der Waals surface area contributed by atoms with Crippen molar-refractivity contribution in [2.45, 2.75) is 0 Å². The van der Waals surface area contributed by atoms with E-state index in [1.54, 1.807) is 37.8 Å². The van der Waals surface area contributed by atoms with Crippen molar-refractivity contribution >= 4 is 11.6 Å². The molecule has 0 aliphatic heterocycles. The van der Waals surface area contributed by atoms with E-state index < -0.39 is 0 Å². The molecule has 1 N–H and O–H groups in total. The fourth-order valence-corrected chi connectivity index (χ4v) is 1.99. The number of amides is 1. The predicted octanol–water partition coefficient (Wildman–Crippen LogP) is 1.76. The lowest BCUT2D eigenvalue weighted by Crippen LogP contribution is -2.17. The number of hydrogen-bond donors (Lipinski definition) is 1. The van der Waals surface area contributed by atoms with Crippen molar-refractivity contribution in [3.8, 4) is 11.3 Å². The Kier molecular flexibility index (Phi) is 2.72.